The average Bonchev–Trinajstić information content (AvgIpc) is 2.99. The molecular formula is C18H15FN2OS. The van der Waals surface area contributed by atoms with Crippen LogP contribution < -0.4 is 5.32 Å². The van der Waals surface area contributed by atoms with Crippen LogP contribution in [0.15, 0.2) is 73.5 Å². The fourth-order valence-corrected chi connectivity index (χ4v) is 3.34. The van der Waals surface area contributed by atoms with Crippen molar-refractivity contribution in [3.63, 3.8) is 0 Å². The molecule has 1 aromatic heterocycles. The maximum absolute atomic E-state index is 13.5. The number of allylic oxidation sites excluding steroid dienone is 3. The summed E-state index contributed by atoms with van der Waals surface area (Å²) in [6.45, 7) is 7.44. The molecule has 0 fully saturated rings. The van der Waals surface area contributed by atoms with Crippen molar-refractivity contribution in [3.8, 4) is 0 Å². The molecule has 1 N–H and O–H groups in total. The number of para-hydroxylation sites is 1. The summed E-state index contributed by atoms with van der Waals surface area (Å²) in [7, 11) is 0. The molecule has 3 rings (SSSR count). The van der Waals surface area contributed by atoms with E-state index < -0.39 is 6.17 Å². The highest BCUT2D eigenvalue weighted by atomic mass is 32.1. The molecule has 1 aliphatic rings. The number of fused-ring (bicyclic) bond motifs is 1. The van der Waals surface area contributed by atoms with E-state index in [2.05, 4.69) is 18.5 Å². The second-order valence-electron chi connectivity index (χ2n) is 4.94. The van der Waals surface area contributed by atoms with Crippen LogP contribution in [-0.2, 0) is 0 Å². The Bertz CT molecular complexity index is 809. The molecule has 2 heterocycles. The zero-order chi connectivity index (χ0) is 16.4. The van der Waals surface area contributed by atoms with Crippen LogP contribution >= 0.6 is 11.3 Å². The van der Waals surface area contributed by atoms with Gasteiger partial charge in [-0.25, -0.2) is 0 Å². The number of halogens is 1. The summed E-state index contributed by atoms with van der Waals surface area (Å²) >= 11 is 1.01. The molecule has 0 spiro atoms. The van der Waals surface area contributed by atoms with Crippen LogP contribution in [0.1, 0.15) is 21.4 Å². The summed E-state index contributed by atoms with van der Waals surface area (Å²) < 4.78 is 13.5. The third-order valence-corrected chi connectivity index (χ3v) is 4.49. The molecule has 1 unspecified atom stereocenters. The molecule has 1 aliphatic heterocycles. The van der Waals surface area contributed by atoms with E-state index in [-0.39, 0.29) is 11.0 Å². The minimum Gasteiger partial charge on any atom is -0.360 e. The first-order valence-electron chi connectivity index (χ1n) is 7.05. The van der Waals surface area contributed by atoms with Crippen molar-refractivity contribution in [1.82, 2.24) is 4.90 Å². The maximum atomic E-state index is 13.5. The van der Waals surface area contributed by atoms with Gasteiger partial charge in [0.2, 0.25) is 0 Å². The van der Waals surface area contributed by atoms with Gasteiger partial charge in [0, 0.05) is 11.4 Å². The van der Waals surface area contributed by atoms with Gasteiger partial charge >= 0.3 is 0 Å². The molecule has 116 valence electrons. The van der Waals surface area contributed by atoms with Gasteiger partial charge in [-0.3, -0.25) is 9.69 Å². The van der Waals surface area contributed by atoms with Crippen LogP contribution in [0.3, 0.4) is 0 Å². The topological polar surface area (TPSA) is 32.3 Å². The van der Waals surface area contributed by atoms with Crippen LogP contribution in [0.5, 0.6) is 0 Å². The quantitative estimate of drug-likeness (QED) is 0.825. The van der Waals surface area contributed by atoms with Crippen molar-refractivity contribution in [1.29, 1.82) is 0 Å². The average molecular weight is 326 g/mol. The lowest BCUT2D eigenvalue weighted by molar-refractivity contribution is 0.0758. The van der Waals surface area contributed by atoms with Crippen molar-refractivity contribution in [3.05, 3.63) is 89.1 Å². The lowest BCUT2D eigenvalue weighted by Crippen LogP contribution is -2.41. The van der Waals surface area contributed by atoms with Crippen LogP contribution in [0.25, 0.3) is 0 Å². The second-order valence-corrected chi connectivity index (χ2v) is 6.01. The minimum absolute atomic E-state index is 0.161. The van der Waals surface area contributed by atoms with Crippen molar-refractivity contribution in [2.45, 2.75) is 6.17 Å². The smallest absolute Gasteiger partial charge is 0.262 e. The number of nitrogens with zero attached hydrogens (tertiary/aromatic N) is 1. The third-order valence-electron chi connectivity index (χ3n) is 3.57. The van der Waals surface area contributed by atoms with Gasteiger partial charge in [0.25, 0.3) is 5.91 Å². The highest BCUT2D eigenvalue weighted by molar-refractivity contribution is 7.10. The molecular weight excluding hydrogens is 311 g/mol. The highest BCUT2D eigenvalue weighted by Gasteiger charge is 2.35. The Morgan fingerprint density at radius 3 is 2.70 bits per heavy atom. The lowest BCUT2D eigenvalue weighted by atomic mass is 10.1. The van der Waals surface area contributed by atoms with E-state index in [1.54, 1.807) is 35.3 Å². The van der Waals surface area contributed by atoms with Crippen molar-refractivity contribution >= 4 is 22.9 Å². The summed E-state index contributed by atoms with van der Waals surface area (Å²) in [6, 6.07) is 10.3. The molecule has 0 saturated carbocycles. The maximum Gasteiger partial charge on any atom is 0.262 e. The molecule has 1 amide bonds. The predicted molar refractivity (Wildman–Crippen MR) is 91.7 cm³/mol. The fraction of sp³-hybridized carbons (Fsp3) is 0.0556. The van der Waals surface area contributed by atoms with Gasteiger partial charge in [-0.1, -0.05) is 31.4 Å². The number of hydrogen-bond acceptors (Lipinski definition) is 3. The number of carbonyl (C=O) groups is 1. The Labute approximate surface area is 138 Å². The van der Waals surface area contributed by atoms with E-state index in [0.29, 0.717) is 16.1 Å². The zero-order valence-corrected chi connectivity index (χ0v) is 13.1. The first-order chi connectivity index (χ1) is 11.2. The second kappa shape index (κ2) is 6.22. The lowest BCUT2D eigenvalue weighted by Gasteiger charge is -2.37. The van der Waals surface area contributed by atoms with E-state index in [1.165, 1.54) is 6.07 Å². The summed E-state index contributed by atoms with van der Waals surface area (Å²) in [6.07, 6.45) is 4.40. The van der Waals surface area contributed by atoms with E-state index in [4.69, 9.17) is 0 Å². The fourth-order valence-electron chi connectivity index (χ4n) is 2.56. The van der Waals surface area contributed by atoms with E-state index in [1.807, 2.05) is 18.2 Å². The van der Waals surface area contributed by atoms with Gasteiger partial charge < -0.3 is 5.32 Å². The molecule has 0 saturated heterocycles. The minimum atomic E-state index is -0.490. The van der Waals surface area contributed by atoms with Gasteiger partial charge in [0.15, 0.2) is 5.13 Å². The Morgan fingerprint density at radius 2 is 2.04 bits per heavy atom. The molecule has 5 heteroatoms. The van der Waals surface area contributed by atoms with E-state index in [9.17, 15) is 9.18 Å². The molecule has 2 aromatic rings. The molecule has 1 aromatic carbocycles. The number of thiophene rings is 1. The number of hydrogen-bond donors (Lipinski definition) is 1. The highest BCUT2D eigenvalue weighted by Crippen LogP contribution is 2.37. The largest absolute Gasteiger partial charge is 0.360 e. The van der Waals surface area contributed by atoms with Crippen molar-refractivity contribution < 1.29 is 9.18 Å². The van der Waals surface area contributed by atoms with Gasteiger partial charge in [0.05, 0.1) is 10.4 Å². The van der Waals surface area contributed by atoms with Crippen LogP contribution in [0, 0.1) is 5.13 Å². The van der Waals surface area contributed by atoms with E-state index >= 15 is 0 Å². The zero-order valence-electron chi connectivity index (χ0n) is 12.3. The summed E-state index contributed by atoms with van der Waals surface area (Å²) in [5.41, 5.74) is 1.90. The first kappa shape index (κ1) is 15.2. The normalized spacial score (nSPS) is 17.4. The standard InChI is InChI=1S/C18H15FN2OS/c1-3-7-12(4-2)21-17(15-10-11-16(19)23-15)20-14-9-6-5-8-13(14)18(21)22/h3-11,17,20H,1-2H2/b12-7+. The number of anilines is 1. The number of carbonyl (C=O) groups excluding carboxylic acids is 1. The molecule has 1 atom stereocenters. The molecule has 3 nitrogen and oxygen atoms in total. The predicted octanol–water partition coefficient (Wildman–Crippen LogP) is 4.71. The van der Waals surface area contributed by atoms with Crippen LogP contribution in [0.2, 0.25) is 0 Å². The SMILES string of the molecule is C=C/C=C(\C=C)N1C(=O)c2ccccc2NC1c1ccc(F)s1. The van der Waals surface area contributed by atoms with E-state index in [0.717, 1.165) is 17.0 Å². The van der Waals surface area contributed by atoms with Crippen molar-refractivity contribution in [2.24, 2.45) is 0 Å². The summed E-state index contributed by atoms with van der Waals surface area (Å²) in [5, 5.41) is 3.02. The number of rotatable bonds is 4. The number of amides is 1. The Balaban J connectivity index is 2.15. The number of benzene rings is 1. The van der Waals surface area contributed by atoms with Gasteiger partial charge in [-0.2, -0.15) is 4.39 Å². The molecule has 0 bridgehead atoms. The van der Waals surface area contributed by atoms with Crippen LogP contribution in [0.4, 0.5) is 10.1 Å². The van der Waals surface area contributed by atoms with Crippen molar-refractivity contribution in [2.75, 3.05) is 5.32 Å². The first-order valence-corrected chi connectivity index (χ1v) is 7.87. The molecule has 23 heavy (non-hydrogen) atoms. The van der Waals surface area contributed by atoms with Gasteiger partial charge in [0.1, 0.15) is 6.17 Å². The Hall–Kier alpha value is -2.66. The molecule has 0 radical (unpaired) electrons. The Kier molecular flexibility index (Phi) is 4.12. The van der Waals surface area contributed by atoms with Gasteiger partial charge in [-0.15, -0.1) is 11.3 Å². The monoisotopic (exact) mass is 326 g/mol. The van der Waals surface area contributed by atoms with Crippen LogP contribution in [-0.4, -0.2) is 10.8 Å². The summed E-state index contributed by atoms with van der Waals surface area (Å²) in [5.74, 6) is -0.161. The molecule has 0 aliphatic carbocycles. The van der Waals surface area contributed by atoms with Gasteiger partial charge in [-0.05, 0) is 36.4 Å². The third kappa shape index (κ3) is 2.71. The number of nitrogens with one attached hydrogen (secondary N) is 1. The Morgan fingerprint density at radius 1 is 1.26 bits per heavy atom. The summed E-state index contributed by atoms with van der Waals surface area (Å²) in [4.78, 5) is 15.2.